The monoisotopic (exact) mass is 614 g/mol. The third-order valence-corrected chi connectivity index (χ3v) is 14.3. The predicted octanol–water partition coefficient (Wildman–Crippen LogP) is 7.95. The Kier molecular flexibility index (Phi) is 7.21. The number of fused-ring (bicyclic) bond motifs is 7. The normalized spacial score (nSPS) is 41.6. The van der Waals surface area contributed by atoms with Gasteiger partial charge in [-0.05, 0) is 114 Å². The minimum atomic E-state index is -4.62. The van der Waals surface area contributed by atoms with Crippen molar-refractivity contribution < 1.29 is 27.9 Å². The summed E-state index contributed by atoms with van der Waals surface area (Å²) < 4.78 is 40.3. The van der Waals surface area contributed by atoms with Crippen LogP contribution in [0.25, 0.3) is 0 Å². The Morgan fingerprint density at radius 2 is 1.68 bits per heavy atom. The van der Waals surface area contributed by atoms with Crippen molar-refractivity contribution >= 4 is 11.6 Å². The van der Waals surface area contributed by atoms with Crippen molar-refractivity contribution in [3.05, 3.63) is 34.9 Å². The SMILES string of the molecule is CC(C)C1=C2[C@H]3CC[C@@H]4[C@@]5(C)CC[C@H](O)C(C)(C)[C@@H]5CC[C@@]4(C)[C@]3(C)CC[C@@]2(C(=O)Cc2nccc(C(F)(F)F)n2)CC1=O. The largest absolute Gasteiger partial charge is 0.433 e. The van der Waals surface area contributed by atoms with Gasteiger partial charge in [0.2, 0.25) is 0 Å². The van der Waals surface area contributed by atoms with E-state index in [1.165, 1.54) is 0 Å². The molecule has 5 aliphatic carbocycles. The van der Waals surface area contributed by atoms with Crippen LogP contribution >= 0.6 is 0 Å². The molecule has 0 aromatic carbocycles. The maximum Gasteiger partial charge on any atom is 0.433 e. The van der Waals surface area contributed by atoms with Crippen molar-refractivity contribution in [1.82, 2.24) is 9.97 Å². The van der Waals surface area contributed by atoms with Crippen LogP contribution in [-0.4, -0.2) is 32.7 Å². The molecule has 0 bridgehead atoms. The van der Waals surface area contributed by atoms with E-state index in [4.69, 9.17) is 0 Å². The number of hydrogen-bond donors (Lipinski definition) is 1. The fourth-order valence-corrected chi connectivity index (χ4v) is 11.9. The van der Waals surface area contributed by atoms with Crippen LogP contribution in [-0.2, 0) is 22.2 Å². The van der Waals surface area contributed by atoms with Gasteiger partial charge in [0.05, 0.1) is 17.9 Å². The van der Waals surface area contributed by atoms with Crippen molar-refractivity contribution in [3.63, 3.8) is 0 Å². The molecular formula is C36H49F3N2O3. The number of ketones is 2. The van der Waals surface area contributed by atoms with Gasteiger partial charge in [-0.1, -0.05) is 48.5 Å². The molecule has 0 radical (unpaired) electrons. The van der Waals surface area contributed by atoms with E-state index in [9.17, 15) is 27.9 Å². The maximum absolute atomic E-state index is 14.4. The van der Waals surface area contributed by atoms with E-state index in [1.54, 1.807) is 0 Å². The lowest BCUT2D eigenvalue weighted by atomic mass is 9.33. The Morgan fingerprint density at radius 3 is 2.34 bits per heavy atom. The van der Waals surface area contributed by atoms with Crippen LogP contribution in [0.3, 0.4) is 0 Å². The lowest BCUT2D eigenvalue weighted by Crippen LogP contribution is -2.65. The molecule has 0 spiro atoms. The van der Waals surface area contributed by atoms with Crippen LogP contribution in [0, 0.1) is 50.7 Å². The summed E-state index contributed by atoms with van der Waals surface area (Å²) in [5.74, 6) is 0.596. The number of carbonyl (C=O) groups is 2. The lowest BCUT2D eigenvalue weighted by Gasteiger charge is -2.72. The number of Topliss-reactive ketones (excluding diaryl/α,β-unsaturated/α-hetero) is 2. The van der Waals surface area contributed by atoms with E-state index in [2.05, 4.69) is 44.6 Å². The van der Waals surface area contributed by atoms with E-state index in [-0.39, 0.29) is 69.8 Å². The summed E-state index contributed by atoms with van der Waals surface area (Å²) in [6, 6.07) is 0.822. The Labute approximate surface area is 259 Å². The first-order valence-corrected chi connectivity index (χ1v) is 16.7. The van der Waals surface area contributed by atoms with Gasteiger partial charge < -0.3 is 5.11 Å². The van der Waals surface area contributed by atoms with Crippen molar-refractivity contribution in [3.8, 4) is 0 Å². The number of aromatic nitrogens is 2. The van der Waals surface area contributed by atoms with E-state index in [1.807, 2.05) is 13.8 Å². The Bertz CT molecular complexity index is 1420. The summed E-state index contributed by atoms with van der Waals surface area (Å²) in [6.07, 6.45) is 3.13. The molecule has 44 heavy (non-hydrogen) atoms. The highest BCUT2D eigenvalue weighted by Crippen LogP contribution is 2.76. The van der Waals surface area contributed by atoms with Gasteiger partial charge >= 0.3 is 6.18 Å². The summed E-state index contributed by atoms with van der Waals surface area (Å²) >= 11 is 0. The zero-order valence-electron chi connectivity index (χ0n) is 27.4. The molecule has 1 N–H and O–H groups in total. The number of rotatable bonds is 4. The van der Waals surface area contributed by atoms with Crippen molar-refractivity contribution in [1.29, 1.82) is 0 Å². The molecular weight excluding hydrogens is 565 g/mol. The van der Waals surface area contributed by atoms with Crippen LogP contribution in [0.1, 0.15) is 118 Å². The highest BCUT2D eigenvalue weighted by Gasteiger charge is 2.70. The minimum Gasteiger partial charge on any atom is -0.393 e. The number of nitrogens with zero attached hydrogens (tertiary/aromatic N) is 2. The first kappa shape index (κ1) is 31.9. The fourth-order valence-electron chi connectivity index (χ4n) is 11.9. The van der Waals surface area contributed by atoms with Gasteiger partial charge in [-0.15, -0.1) is 0 Å². The molecule has 8 heteroatoms. The summed E-state index contributed by atoms with van der Waals surface area (Å²) in [4.78, 5) is 35.9. The molecule has 5 nitrogen and oxygen atoms in total. The molecule has 1 aromatic heterocycles. The Balaban J connectivity index is 1.40. The van der Waals surface area contributed by atoms with Gasteiger partial charge in [-0.2, -0.15) is 13.2 Å². The first-order chi connectivity index (χ1) is 20.3. The predicted molar refractivity (Wildman–Crippen MR) is 161 cm³/mol. The van der Waals surface area contributed by atoms with Gasteiger partial charge in [-0.25, -0.2) is 9.97 Å². The molecule has 1 heterocycles. The number of halogens is 3. The Hall–Kier alpha value is -2.09. The van der Waals surface area contributed by atoms with E-state index in [0.29, 0.717) is 18.3 Å². The van der Waals surface area contributed by atoms with Crippen molar-refractivity contribution in [2.45, 2.75) is 125 Å². The number of hydrogen-bond acceptors (Lipinski definition) is 5. The van der Waals surface area contributed by atoms with Crippen LogP contribution in [0.5, 0.6) is 0 Å². The van der Waals surface area contributed by atoms with E-state index < -0.39 is 17.3 Å². The first-order valence-electron chi connectivity index (χ1n) is 16.7. The third-order valence-electron chi connectivity index (χ3n) is 14.3. The second-order valence-electron chi connectivity index (χ2n) is 16.6. The van der Waals surface area contributed by atoms with Crippen LogP contribution in [0.15, 0.2) is 23.4 Å². The zero-order chi connectivity index (χ0) is 32.3. The standard InChI is InChI=1S/C36H49F3N2O3/c1-20(2)29-22(42)19-35(27(44)18-28-40-17-12-25(41-28)36(37,38)39)16-15-33(6)21(30(29)35)8-9-24-32(5)13-11-26(43)31(3,4)23(32)10-14-34(24,33)7/h12,17,20-21,23-24,26,43H,8-11,13-16,18-19H2,1-7H3/t21-,23+,24-,26+,32+,33-,34-,35+/m1/s1. The lowest BCUT2D eigenvalue weighted by molar-refractivity contribution is -0.228. The minimum absolute atomic E-state index is 0.000372. The number of aliphatic hydroxyl groups excluding tert-OH is 1. The zero-order valence-corrected chi connectivity index (χ0v) is 27.4. The highest BCUT2D eigenvalue weighted by atomic mass is 19.4. The number of allylic oxidation sites excluding steroid dienone is 2. The van der Waals surface area contributed by atoms with Crippen LogP contribution in [0.2, 0.25) is 0 Å². The molecule has 8 atom stereocenters. The summed E-state index contributed by atoms with van der Waals surface area (Å²) in [6.45, 7) is 15.9. The van der Waals surface area contributed by atoms with E-state index >= 15 is 0 Å². The maximum atomic E-state index is 14.4. The van der Waals surface area contributed by atoms with Gasteiger partial charge in [0.1, 0.15) is 11.5 Å². The van der Waals surface area contributed by atoms with E-state index in [0.717, 1.165) is 68.4 Å². The average molecular weight is 615 g/mol. The molecule has 4 saturated carbocycles. The summed E-state index contributed by atoms with van der Waals surface area (Å²) in [5.41, 5.74) is -0.441. The Morgan fingerprint density at radius 1 is 0.977 bits per heavy atom. The quantitative estimate of drug-likeness (QED) is 0.372. The molecule has 5 aliphatic rings. The second-order valence-corrected chi connectivity index (χ2v) is 16.6. The molecule has 242 valence electrons. The fraction of sp³-hybridized carbons (Fsp3) is 0.778. The molecule has 4 fully saturated rings. The molecule has 1 aromatic rings. The van der Waals surface area contributed by atoms with Gasteiger partial charge in [0.15, 0.2) is 11.6 Å². The second kappa shape index (κ2) is 9.95. The molecule has 6 rings (SSSR count). The molecule has 0 amide bonds. The third kappa shape index (κ3) is 4.20. The average Bonchev–Trinajstić information content (AvgIpc) is 3.24. The smallest absolute Gasteiger partial charge is 0.393 e. The highest BCUT2D eigenvalue weighted by molar-refractivity contribution is 6.07. The topological polar surface area (TPSA) is 80.2 Å². The number of aliphatic hydroxyl groups is 1. The van der Waals surface area contributed by atoms with Gasteiger partial charge in [0.25, 0.3) is 0 Å². The number of alkyl halides is 3. The van der Waals surface area contributed by atoms with Crippen LogP contribution < -0.4 is 0 Å². The van der Waals surface area contributed by atoms with Gasteiger partial charge in [-0.3, -0.25) is 9.59 Å². The van der Waals surface area contributed by atoms with Gasteiger partial charge in [0, 0.05) is 12.6 Å². The van der Waals surface area contributed by atoms with Crippen molar-refractivity contribution in [2.75, 3.05) is 0 Å². The number of carbonyl (C=O) groups excluding carboxylic acids is 2. The van der Waals surface area contributed by atoms with Crippen molar-refractivity contribution in [2.24, 2.45) is 50.7 Å². The molecule has 0 unspecified atom stereocenters. The summed E-state index contributed by atoms with van der Waals surface area (Å²) in [7, 11) is 0. The van der Waals surface area contributed by atoms with Crippen LogP contribution in [0.4, 0.5) is 13.2 Å². The summed E-state index contributed by atoms with van der Waals surface area (Å²) in [5, 5.41) is 11.0. The molecule has 0 saturated heterocycles. The molecule has 0 aliphatic heterocycles.